The molecule has 2 N–H and O–H groups in total. The topological polar surface area (TPSA) is 50.4 Å². The molecule has 2 saturated heterocycles. The van der Waals surface area contributed by atoms with Gasteiger partial charge in [-0.3, -0.25) is 4.79 Å². The molecular formula is C11H20N2O2. The van der Waals surface area contributed by atoms with Crippen molar-refractivity contribution < 1.29 is 9.53 Å². The summed E-state index contributed by atoms with van der Waals surface area (Å²) in [4.78, 5) is 11.7. The van der Waals surface area contributed by atoms with Crippen molar-refractivity contribution in [3.05, 3.63) is 0 Å². The van der Waals surface area contributed by atoms with E-state index in [-0.39, 0.29) is 18.1 Å². The normalized spacial score (nSPS) is 35.7. The van der Waals surface area contributed by atoms with Gasteiger partial charge >= 0.3 is 0 Å². The lowest BCUT2D eigenvalue weighted by atomic mass is 10.0. The van der Waals surface area contributed by atoms with Gasteiger partial charge in [-0.05, 0) is 38.8 Å². The second-order valence-corrected chi connectivity index (χ2v) is 4.60. The van der Waals surface area contributed by atoms with Crippen LogP contribution in [0.25, 0.3) is 0 Å². The lowest BCUT2D eigenvalue weighted by Crippen LogP contribution is -2.40. The van der Waals surface area contributed by atoms with Crippen molar-refractivity contribution in [2.75, 3.05) is 19.7 Å². The van der Waals surface area contributed by atoms with Crippen molar-refractivity contribution in [3.8, 4) is 0 Å². The van der Waals surface area contributed by atoms with Crippen LogP contribution in [0.5, 0.6) is 0 Å². The maximum Gasteiger partial charge on any atom is 0.220 e. The van der Waals surface area contributed by atoms with Gasteiger partial charge in [0.15, 0.2) is 0 Å². The minimum atomic E-state index is 0.177. The van der Waals surface area contributed by atoms with Gasteiger partial charge in [-0.2, -0.15) is 0 Å². The summed E-state index contributed by atoms with van der Waals surface area (Å²) in [5, 5.41) is 6.34. The first-order chi connectivity index (χ1) is 7.25. The summed E-state index contributed by atoms with van der Waals surface area (Å²) < 4.78 is 5.41. The van der Waals surface area contributed by atoms with Gasteiger partial charge in [0.2, 0.25) is 5.91 Å². The second-order valence-electron chi connectivity index (χ2n) is 4.60. The van der Waals surface area contributed by atoms with Crippen molar-refractivity contribution in [1.29, 1.82) is 0 Å². The van der Waals surface area contributed by atoms with E-state index in [1.54, 1.807) is 0 Å². The van der Waals surface area contributed by atoms with Gasteiger partial charge in [-0.15, -0.1) is 0 Å². The molecule has 2 heterocycles. The Labute approximate surface area is 90.8 Å². The summed E-state index contributed by atoms with van der Waals surface area (Å²) in [7, 11) is 0. The van der Waals surface area contributed by atoms with E-state index in [1.807, 2.05) is 6.92 Å². The molecule has 4 nitrogen and oxygen atoms in total. The third-order valence-corrected chi connectivity index (χ3v) is 3.36. The van der Waals surface area contributed by atoms with Crippen molar-refractivity contribution in [1.82, 2.24) is 10.6 Å². The van der Waals surface area contributed by atoms with Crippen LogP contribution in [0.15, 0.2) is 0 Å². The molecule has 0 aromatic rings. The maximum absolute atomic E-state index is 11.7. The fourth-order valence-electron chi connectivity index (χ4n) is 2.34. The van der Waals surface area contributed by atoms with E-state index in [2.05, 4.69) is 10.6 Å². The monoisotopic (exact) mass is 212 g/mol. The first kappa shape index (κ1) is 10.9. The number of nitrogens with one attached hydrogen (secondary N) is 2. The molecule has 86 valence electrons. The summed E-state index contributed by atoms with van der Waals surface area (Å²) in [6.45, 7) is 4.84. The Morgan fingerprint density at radius 2 is 2.40 bits per heavy atom. The van der Waals surface area contributed by atoms with Crippen molar-refractivity contribution in [2.45, 2.75) is 38.3 Å². The summed E-state index contributed by atoms with van der Waals surface area (Å²) in [6.07, 6.45) is 2.92. The highest BCUT2D eigenvalue weighted by molar-refractivity contribution is 5.76. The maximum atomic E-state index is 11.7. The van der Waals surface area contributed by atoms with Crippen molar-refractivity contribution in [3.63, 3.8) is 0 Å². The first-order valence-electron chi connectivity index (χ1n) is 5.87. The third kappa shape index (κ3) is 2.92. The molecule has 3 atom stereocenters. The molecule has 15 heavy (non-hydrogen) atoms. The predicted molar refractivity (Wildman–Crippen MR) is 57.6 cm³/mol. The molecule has 1 amide bonds. The van der Waals surface area contributed by atoms with E-state index in [1.165, 1.54) is 0 Å². The SMILES string of the molecule is CC1OCCC1NC(=O)CC1CCNC1. The number of rotatable bonds is 3. The van der Waals surface area contributed by atoms with Gasteiger partial charge in [0.05, 0.1) is 12.1 Å². The Bertz CT molecular complexity index is 227. The summed E-state index contributed by atoms with van der Waals surface area (Å²) in [5.74, 6) is 0.716. The number of carbonyl (C=O) groups excluding carboxylic acids is 1. The fraction of sp³-hybridized carbons (Fsp3) is 0.909. The summed E-state index contributed by atoms with van der Waals surface area (Å²) >= 11 is 0. The van der Waals surface area contributed by atoms with Gasteiger partial charge in [0.1, 0.15) is 0 Å². The third-order valence-electron chi connectivity index (χ3n) is 3.36. The van der Waals surface area contributed by atoms with Gasteiger partial charge in [-0.25, -0.2) is 0 Å². The number of carbonyl (C=O) groups is 1. The largest absolute Gasteiger partial charge is 0.376 e. The zero-order chi connectivity index (χ0) is 10.7. The van der Waals surface area contributed by atoms with Gasteiger partial charge in [-0.1, -0.05) is 0 Å². The van der Waals surface area contributed by atoms with Crippen LogP contribution < -0.4 is 10.6 Å². The summed E-state index contributed by atoms with van der Waals surface area (Å²) in [6, 6.07) is 0.229. The van der Waals surface area contributed by atoms with Crippen LogP contribution in [0, 0.1) is 5.92 Å². The second kappa shape index (κ2) is 4.94. The van der Waals surface area contributed by atoms with E-state index in [4.69, 9.17) is 4.74 Å². The van der Waals surface area contributed by atoms with Gasteiger partial charge < -0.3 is 15.4 Å². The number of amides is 1. The minimum Gasteiger partial charge on any atom is -0.376 e. The van der Waals surface area contributed by atoms with E-state index < -0.39 is 0 Å². The molecule has 2 fully saturated rings. The van der Waals surface area contributed by atoms with Crippen LogP contribution in [-0.4, -0.2) is 37.7 Å². The molecule has 0 aromatic heterocycles. The molecule has 2 aliphatic rings. The standard InChI is InChI=1S/C11H20N2O2/c1-8-10(3-5-15-8)13-11(14)6-9-2-4-12-7-9/h8-10,12H,2-7H2,1H3,(H,13,14). The molecule has 2 aliphatic heterocycles. The van der Waals surface area contributed by atoms with Crippen LogP contribution >= 0.6 is 0 Å². The zero-order valence-electron chi connectivity index (χ0n) is 9.29. The predicted octanol–water partition coefficient (Wildman–Crippen LogP) is 0.280. The molecule has 0 spiro atoms. The van der Waals surface area contributed by atoms with Crippen LogP contribution in [0.4, 0.5) is 0 Å². The highest BCUT2D eigenvalue weighted by atomic mass is 16.5. The Balaban J connectivity index is 1.71. The van der Waals surface area contributed by atoms with Crippen LogP contribution in [0.2, 0.25) is 0 Å². The minimum absolute atomic E-state index is 0.177. The average molecular weight is 212 g/mol. The van der Waals surface area contributed by atoms with E-state index >= 15 is 0 Å². The van der Waals surface area contributed by atoms with Crippen LogP contribution in [0.3, 0.4) is 0 Å². The molecule has 0 aromatic carbocycles. The lowest BCUT2D eigenvalue weighted by Gasteiger charge is -2.17. The molecule has 4 heteroatoms. The van der Waals surface area contributed by atoms with Crippen LogP contribution in [-0.2, 0) is 9.53 Å². The highest BCUT2D eigenvalue weighted by Gasteiger charge is 2.26. The van der Waals surface area contributed by atoms with E-state index in [0.29, 0.717) is 12.3 Å². The highest BCUT2D eigenvalue weighted by Crippen LogP contribution is 2.15. The Morgan fingerprint density at radius 3 is 3.00 bits per heavy atom. The smallest absolute Gasteiger partial charge is 0.220 e. The molecule has 3 unspecified atom stereocenters. The fourth-order valence-corrected chi connectivity index (χ4v) is 2.34. The van der Waals surface area contributed by atoms with Gasteiger partial charge in [0, 0.05) is 13.0 Å². The van der Waals surface area contributed by atoms with Crippen LogP contribution in [0.1, 0.15) is 26.2 Å². The lowest BCUT2D eigenvalue weighted by molar-refractivity contribution is -0.122. The number of ether oxygens (including phenoxy) is 1. The average Bonchev–Trinajstić information content (AvgIpc) is 2.79. The molecule has 0 aliphatic carbocycles. The Hall–Kier alpha value is -0.610. The molecule has 0 bridgehead atoms. The van der Waals surface area contributed by atoms with Crippen molar-refractivity contribution in [2.24, 2.45) is 5.92 Å². The molecule has 0 saturated carbocycles. The quantitative estimate of drug-likeness (QED) is 0.706. The number of hydrogen-bond acceptors (Lipinski definition) is 3. The summed E-state index contributed by atoms with van der Waals surface area (Å²) in [5.41, 5.74) is 0. The van der Waals surface area contributed by atoms with Crippen molar-refractivity contribution >= 4 is 5.91 Å². The van der Waals surface area contributed by atoms with E-state index in [0.717, 1.165) is 32.5 Å². The Kier molecular flexibility index (Phi) is 3.59. The molecule has 2 rings (SSSR count). The first-order valence-corrected chi connectivity index (χ1v) is 5.87. The zero-order valence-corrected chi connectivity index (χ0v) is 9.29. The van der Waals surface area contributed by atoms with Gasteiger partial charge in [0.25, 0.3) is 0 Å². The van der Waals surface area contributed by atoms with E-state index in [9.17, 15) is 4.79 Å². The molecular weight excluding hydrogens is 192 g/mol. The Morgan fingerprint density at radius 1 is 1.53 bits per heavy atom. The molecule has 0 radical (unpaired) electrons. The number of hydrogen-bond donors (Lipinski definition) is 2.